The lowest BCUT2D eigenvalue weighted by Gasteiger charge is -2.29. The van der Waals surface area contributed by atoms with E-state index in [9.17, 15) is 9.59 Å². The summed E-state index contributed by atoms with van der Waals surface area (Å²) in [6, 6.07) is 15.8. The van der Waals surface area contributed by atoms with Gasteiger partial charge in [-0.3, -0.25) is 4.90 Å². The number of urea groups is 1. The number of rotatable bonds is 8. The van der Waals surface area contributed by atoms with E-state index < -0.39 is 5.97 Å². The number of aryl methyl sites for hydroxylation is 2. The number of nitrogens with zero attached hydrogens (tertiary/aromatic N) is 1. The first-order valence-corrected chi connectivity index (χ1v) is 10.9. The molecule has 0 spiro atoms. The van der Waals surface area contributed by atoms with E-state index in [1.165, 1.54) is 0 Å². The van der Waals surface area contributed by atoms with Gasteiger partial charge in [0, 0.05) is 6.54 Å². The van der Waals surface area contributed by atoms with Gasteiger partial charge in [0.15, 0.2) is 0 Å². The third kappa shape index (κ3) is 6.82. The summed E-state index contributed by atoms with van der Waals surface area (Å²) < 4.78 is 5.24. The van der Waals surface area contributed by atoms with Crippen LogP contribution in [0.5, 0.6) is 0 Å². The van der Waals surface area contributed by atoms with Crippen LogP contribution in [0.1, 0.15) is 36.8 Å². The molecule has 2 aromatic carbocycles. The summed E-state index contributed by atoms with van der Waals surface area (Å²) in [5, 5.41) is 11.8. The van der Waals surface area contributed by atoms with E-state index >= 15 is 0 Å². The predicted molar refractivity (Wildman–Crippen MR) is 122 cm³/mol. The lowest BCUT2D eigenvalue weighted by atomic mass is 9.82. The molecule has 1 aliphatic rings. The smallest absolute Gasteiger partial charge is 0.329 e. The number of benzene rings is 2. The highest BCUT2D eigenvalue weighted by molar-refractivity contribution is 5.99. The molecular formula is C25H32N2O4. The standard InChI is InChI=1S/C25H32N2O4/c1-18-3-11-22(12-4-18)27(23-13-5-19(2)6-14-23)25(30)26-15-20-7-9-21(10-8-20)16-31-17-24(28)29/h3-6,11-14,20-21H,7-10,15-17H2,1-2H3,(H,26,30)(H,28,29). The van der Waals surface area contributed by atoms with Crippen molar-refractivity contribution in [3.63, 3.8) is 0 Å². The van der Waals surface area contributed by atoms with Crippen molar-refractivity contribution >= 4 is 23.4 Å². The first-order valence-electron chi connectivity index (χ1n) is 10.9. The number of carbonyl (C=O) groups is 2. The number of amides is 2. The Balaban J connectivity index is 1.57. The van der Waals surface area contributed by atoms with Gasteiger partial charge in [0.25, 0.3) is 0 Å². The van der Waals surface area contributed by atoms with E-state index in [1.54, 1.807) is 4.90 Å². The molecule has 0 aromatic heterocycles. The summed E-state index contributed by atoms with van der Waals surface area (Å²) >= 11 is 0. The Labute approximate surface area is 184 Å². The van der Waals surface area contributed by atoms with Gasteiger partial charge < -0.3 is 15.2 Å². The molecule has 0 saturated heterocycles. The molecule has 2 aromatic rings. The lowest BCUT2D eigenvalue weighted by molar-refractivity contribution is -0.142. The molecule has 166 valence electrons. The molecule has 0 atom stereocenters. The Bertz CT molecular complexity index is 811. The minimum Gasteiger partial charge on any atom is -0.480 e. The fourth-order valence-corrected chi connectivity index (χ4v) is 4.00. The van der Waals surface area contributed by atoms with Crippen molar-refractivity contribution in [2.45, 2.75) is 39.5 Å². The van der Waals surface area contributed by atoms with Crippen molar-refractivity contribution < 1.29 is 19.4 Å². The van der Waals surface area contributed by atoms with Crippen LogP contribution in [0.2, 0.25) is 0 Å². The largest absolute Gasteiger partial charge is 0.480 e. The van der Waals surface area contributed by atoms with Gasteiger partial charge in [0.1, 0.15) is 6.61 Å². The van der Waals surface area contributed by atoms with Crippen LogP contribution in [0.15, 0.2) is 48.5 Å². The molecule has 0 aliphatic heterocycles. The zero-order valence-corrected chi connectivity index (χ0v) is 18.3. The molecule has 31 heavy (non-hydrogen) atoms. The number of hydrogen-bond acceptors (Lipinski definition) is 3. The van der Waals surface area contributed by atoms with Gasteiger partial charge in [-0.2, -0.15) is 0 Å². The monoisotopic (exact) mass is 424 g/mol. The third-order valence-electron chi connectivity index (χ3n) is 5.87. The number of aliphatic carboxylic acids is 1. The molecule has 2 amide bonds. The topological polar surface area (TPSA) is 78.9 Å². The van der Waals surface area contributed by atoms with E-state index in [0.717, 1.165) is 48.2 Å². The summed E-state index contributed by atoms with van der Waals surface area (Å²) in [6.07, 6.45) is 4.02. The minimum absolute atomic E-state index is 0.125. The summed E-state index contributed by atoms with van der Waals surface area (Å²) in [4.78, 5) is 25.5. The van der Waals surface area contributed by atoms with Crippen LogP contribution in [0.25, 0.3) is 0 Å². The molecule has 1 saturated carbocycles. The average Bonchev–Trinajstić information content (AvgIpc) is 2.76. The number of anilines is 2. The highest BCUT2D eigenvalue weighted by Gasteiger charge is 2.24. The van der Waals surface area contributed by atoms with Crippen molar-refractivity contribution in [2.75, 3.05) is 24.7 Å². The van der Waals surface area contributed by atoms with Gasteiger partial charge in [-0.05, 0) is 75.6 Å². The molecule has 0 unspecified atom stereocenters. The Morgan fingerprint density at radius 2 is 1.39 bits per heavy atom. The molecule has 2 N–H and O–H groups in total. The van der Waals surface area contributed by atoms with Crippen molar-refractivity contribution in [2.24, 2.45) is 11.8 Å². The summed E-state index contributed by atoms with van der Waals surface area (Å²) in [5.41, 5.74) is 3.98. The van der Waals surface area contributed by atoms with Crippen molar-refractivity contribution in [1.82, 2.24) is 5.32 Å². The van der Waals surface area contributed by atoms with E-state index in [0.29, 0.717) is 25.0 Å². The van der Waals surface area contributed by atoms with Crippen LogP contribution in [0.3, 0.4) is 0 Å². The number of hydrogen-bond donors (Lipinski definition) is 2. The fourth-order valence-electron chi connectivity index (χ4n) is 4.00. The number of ether oxygens (including phenoxy) is 1. The van der Waals surface area contributed by atoms with Gasteiger partial charge in [-0.15, -0.1) is 0 Å². The lowest BCUT2D eigenvalue weighted by Crippen LogP contribution is -2.40. The van der Waals surface area contributed by atoms with Crippen molar-refractivity contribution in [3.8, 4) is 0 Å². The second-order valence-electron chi connectivity index (χ2n) is 8.49. The molecule has 1 aliphatic carbocycles. The zero-order chi connectivity index (χ0) is 22.2. The molecule has 1 fully saturated rings. The fraction of sp³-hybridized carbons (Fsp3) is 0.440. The second kappa shape index (κ2) is 11.0. The SMILES string of the molecule is Cc1ccc(N(C(=O)NCC2CCC(COCC(=O)O)CC2)c2ccc(C)cc2)cc1. The summed E-state index contributed by atoms with van der Waals surface area (Å²) in [5.74, 6) is -0.0939. The molecule has 3 rings (SSSR count). The molecular weight excluding hydrogens is 392 g/mol. The Morgan fingerprint density at radius 1 is 0.903 bits per heavy atom. The maximum atomic E-state index is 13.2. The normalized spacial score (nSPS) is 18.4. The van der Waals surface area contributed by atoms with Crippen LogP contribution < -0.4 is 10.2 Å². The first kappa shape index (κ1) is 22.8. The van der Waals surface area contributed by atoms with E-state index in [2.05, 4.69) is 5.32 Å². The summed E-state index contributed by atoms with van der Waals surface area (Å²) in [6.45, 7) is 4.96. The highest BCUT2D eigenvalue weighted by atomic mass is 16.5. The van der Waals surface area contributed by atoms with E-state index in [1.807, 2.05) is 62.4 Å². The van der Waals surface area contributed by atoms with Crippen LogP contribution in [0.4, 0.5) is 16.2 Å². The maximum absolute atomic E-state index is 13.2. The third-order valence-corrected chi connectivity index (χ3v) is 5.87. The summed E-state index contributed by atoms with van der Waals surface area (Å²) in [7, 11) is 0. The van der Waals surface area contributed by atoms with E-state index in [4.69, 9.17) is 9.84 Å². The first-order chi connectivity index (χ1) is 14.9. The van der Waals surface area contributed by atoms with Crippen LogP contribution >= 0.6 is 0 Å². The Kier molecular flexibility index (Phi) is 8.06. The van der Waals surface area contributed by atoms with E-state index in [-0.39, 0.29) is 12.6 Å². The molecule has 0 radical (unpaired) electrons. The number of carboxylic acid groups (broad SMARTS) is 1. The van der Waals surface area contributed by atoms with Crippen LogP contribution in [-0.2, 0) is 9.53 Å². The Morgan fingerprint density at radius 3 is 1.87 bits per heavy atom. The number of carboxylic acids is 1. The van der Waals surface area contributed by atoms with Crippen molar-refractivity contribution in [3.05, 3.63) is 59.7 Å². The molecule has 0 heterocycles. The number of carbonyl (C=O) groups excluding carboxylic acids is 1. The average molecular weight is 425 g/mol. The quantitative estimate of drug-likeness (QED) is 0.621. The van der Waals surface area contributed by atoms with Gasteiger partial charge in [-0.25, -0.2) is 9.59 Å². The molecule has 6 nitrogen and oxygen atoms in total. The molecule has 6 heteroatoms. The van der Waals surface area contributed by atoms with Crippen LogP contribution in [0, 0.1) is 25.7 Å². The molecule has 0 bridgehead atoms. The highest BCUT2D eigenvalue weighted by Crippen LogP contribution is 2.29. The van der Waals surface area contributed by atoms with Crippen molar-refractivity contribution in [1.29, 1.82) is 0 Å². The van der Waals surface area contributed by atoms with Gasteiger partial charge in [0.05, 0.1) is 18.0 Å². The number of nitrogens with one attached hydrogen (secondary N) is 1. The second-order valence-corrected chi connectivity index (χ2v) is 8.49. The Hall–Kier alpha value is -2.86. The maximum Gasteiger partial charge on any atom is 0.329 e. The van der Waals surface area contributed by atoms with Gasteiger partial charge >= 0.3 is 12.0 Å². The predicted octanol–water partition coefficient (Wildman–Crippen LogP) is 5.06. The van der Waals surface area contributed by atoms with Gasteiger partial charge in [-0.1, -0.05) is 35.4 Å². The minimum atomic E-state index is -0.928. The van der Waals surface area contributed by atoms with Crippen LogP contribution in [-0.4, -0.2) is 36.9 Å². The zero-order valence-electron chi connectivity index (χ0n) is 18.3. The van der Waals surface area contributed by atoms with Gasteiger partial charge in [0.2, 0.25) is 0 Å².